The van der Waals surface area contributed by atoms with Crippen molar-refractivity contribution in [3.05, 3.63) is 24.6 Å². The van der Waals surface area contributed by atoms with E-state index in [0.717, 1.165) is 0 Å². The minimum Gasteiger partial charge on any atom is -0.380 e. The van der Waals surface area contributed by atoms with Crippen molar-refractivity contribution >= 4 is 5.91 Å². The van der Waals surface area contributed by atoms with E-state index in [4.69, 9.17) is 4.84 Å². The fourth-order valence-electron chi connectivity index (χ4n) is 0.607. The first-order valence-corrected chi connectivity index (χ1v) is 3.16. The SMILES string of the molecule is CCC(=O)N1C=CC=CO1. The molecule has 0 saturated heterocycles. The van der Waals surface area contributed by atoms with Crippen LogP contribution in [0.25, 0.3) is 0 Å². The second-order valence-corrected chi connectivity index (χ2v) is 1.85. The Hall–Kier alpha value is -1.25. The van der Waals surface area contributed by atoms with Gasteiger partial charge in [-0.25, -0.2) is 0 Å². The molecule has 0 bridgehead atoms. The molecular weight excluding hydrogens is 130 g/mol. The fourth-order valence-corrected chi connectivity index (χ4v) is 0.607. The van der Waals surface area contributed by atoms with E-state index in [9.17, 15) is 4.79 Å². The highest BCUT2D eigenvalue weighted by molar-refractivity contribution is 5.75. The lowest BCUT2D eigenvalue weighted by Gasteiger charge is -2.16. The van der Waals surface area contributed by atoms with Gasteiger partial charge in [-0.1, -0.05) is 6.92 Å². The number of rotatable bonds is 1. The molecule has 1 aliphatic heterocycles. The highest BCUT2D eigenvalue weighted by Gasteiger charge is 2.08. The van der Waals surface area contributed by atoms with Crippen molar-refractivity contribution in [2.24, 2.45) is 0 Å². The van der Waals surface area contributed by atoms with Crippen molar-refractivity contribution in [3.63, 3.8) is 0 Å². The Morgan fingerprint density at radius 2 is 2.40 bits per heavy atom. The van der Waals surface area contributed by atoms with Gasteiger partial charge in [0, 0.05) is 12.6 Å². The third kappa shape index (κ3) is 1.37. The van der Waals surface area contributed by atoms with Crippen LogP contribution in [0.3, 0.4) is 0 Å². The molecule has 0 aliphatic carbocycles. The topological polar surface area (TPSA) is 29.5 Å². The zero-order valence-corrected chi connectivity index (χ0v) is 5.78. The molecule has 0 radical (unpaired) electrons. The van der Waals surface area contributed by atoms with Crippen LogP contribution in [0.1, 0.15) is 13.3 Å². The number of hydrogen-bond acceptors (Lipinski definition) is 2. The van der Waals surface area contributed by atoms with Crippen molar-refractivity contribution in [2.45, 2.75) is 13.3 Å². The van der Waals surface area contributed by atoms with E-state index < -0.39 is 0 Å². The molecular formula is C7H9NO2. The Labute approximate surface area is 59.5 Å². The highest BCUT2D eigenvalue weighted by atomic mass is 16.7. The van der Waals surface area contributed by atoms with E-state index in [1.165, 1.54) is 11.3 Å². The van der Waals surface area contributed by atoms with Crippen LogP contribution < -0.4 is 0 Å². The second kappa shape index (κ2) is 3.06. The van der Waals surface area contributed by atoms with Gasteiger partial charge in [0.1, 0.15) is 6.26 Å². The van der Waals surface area contributed by atoms with E-state index in [0.29, 0.717) is 6.42 Å². The van der Waals surface area contributed by atoms with Crippen molar-refractivity contribution in [1.82, 2.24) is 5.06 Å². The van der Waals surface area contributed by atoms with Crippen molar-refractivity contribution in [1.29, 1.82) is 0 Å². The van der Waals surface area contributed by atoms with E-state index in [1.807, 2.05) is 0 Å². The second-order valence-electron chi connectivity index (χ2n) is 1.85. The Kier molecular flexibility index (Phi) is 2.10. The maximum Gasteiger partial charge on any atom is 0.259 e. The smallest absolute Gasteiger partial charge is 0.259 e. The maximum absolute atomic E-state index is 10.9. The van der Waals surface area contributed by atoms with Crippen LogP contribution in [0.2, 0.25) is 0 Å². The summed E-state index contributed by atoms with van der Waals surface area (Å²) in [5.41, 5.74) is 0. The van der Waals surface area contributed by atoms with E-state index in [2.05, 4.69) is 0 Å². The van der Waals surface area contributed by atoms with E-state index >= 15 is 0 Å². The van der Waals surface area contributed by atoms with Gasteiger partial charge in [0.25, 0.3) is 5.91 Å². The fraction of sp³-hybridized carbons (Fsp3) is 0.286. The molecule has 3 heteroatoms. The molecule has 0 atom stereocenters. The van der Waals surface area contributed by atoms with Crippen LogP contribution in [0.4, 0.5) is 0 Å². The van der Waals surface area contributed by atoms with Crippen LogP contribution in [0, 0.1) is 0 Å². The number of carbonyl (C=O) groups is 1. The molecule has 0 spiro atoms. The van der Waals surface area contributed by atoms with Gasteiger partial charge < -0.3 is 4.84 Å². The van der Waals surface area contributed by atoms with E-state index in [-0.39, 0.29) is 5.91 Å². The van der Waals surface area contributed by atoms with E-state index in [1.54, 1.807) is 25.3 Å². The molecule has 0 unspecified atom stereocenters. The molecule has 1 aliphatic rings. The molecule has 0 saturated carbocycles. The zero-order chi connectivity index (χ0) is 7.40. The molecule has 3 nitrogen and oxygen atoms in total. The summed E-state index contributed by atoms with van der Waals surface area (Å²) in [6.07, 6.45) is 6.98. The van der Waals surface area contributed by atoms with Crippen LogP contribution in [0.5, 0.6) is 0 Å². The van der Waals surface area contributed by atoms with Gasteiger partial charge in [-0.3, -0.25) is 4.79 Å². The van der Waals surface area contributed by atoms with Crippen LogP contribution >= 0.6 is 0 Å². The summed E-state index contributed by atoms with van der Waals surface area (Å²) in [6.45, 7) is 1.79. The Morgan fingerprint density at radius 3 is 2.90 bits per heavy atom. The third-order valence-corrected chi connectivity index (χ3v) is 1.13. The Balaban J connectivity index is 2.51. The number of nitrogens with zero attached hydrogens (tertiary/aromatic N) is 1. The van der Waals surface area contributed by atoms with Gasteiger partial charge in [0.15, 0.2) is 0 Å². The molecule has 10 heavy (non-hydrogen) atoms. The summed E-state index contributed by atoms with van der Waals surface area (Å²) in [5, 5.41) is 1.21. The van der Waals surface area contributed by atoms with Gasteiger partial charge in [-0.05, 0) is 12.2 Å². The summed E-state index contributed by atoms with van der Waals surface area (Å²) < 4.78 is 0. The first-order valence-electron chi connectivity index (χ1n) is 3.16. The average Bonchev–Trinajstić information content (AvgIpc) is 2.05. The number of amides is 1. The standard InChI is InChI=1S/C7H9NO2/c1-2-7(9)8-5-3-4-6-10-8/h3-6H,2H2,1H3. The van der Waals surface area contributed by atoms with Gasteiger partial charge in [0.2, 0.25) is 0 Å². The van der Waals surface area contributed by atoms with Crippen molar-refractivity contribution in [2.75, 3.05) is 0 Å². The molecule has 54 valence electrons. The molecule has 0 fully saturated rings. The first kappa shape index (κ1) is 6.86. The predicted molar refractivity (Wildman–Crippen MR) is 36.5 cm³/mol. The van der Waals surface area contributed by atoms with Crippen molar-refractivity contribution in [3.8, 4) is 0 Å². The van der Waals surface area contributed by atoms with Gasteiger partial charge in [-0.2, -0.15) is 5.06 Å². The summed E-state index contributed by atoms with van der Waals surface area (Å²) in [5.74, 6) is -0.0411. The van der Waals surface area contributed by atoms with Crippen LogP contribution in [-0.4, -0.2) is 11.0 Å². The number of carbonyl (C=O) groups excluding carboxylic acids is 1. The molecule has 0 aromatic rings. The number of hydrogen-bond donors (Lipinski definition) is 0. The lowest BCUT2D eigenvalue weighted by Crippen LogP contribution is -2.23. The number of allylic oxidation sites excluding steroid dienone is 2. The Bertz CT molecular complexity index is 184. The predicted octanol–water partition coefficient (Wildman–Crippen LogP) is 1.20. The quantitative estimate of drug-likeness (QED) is 0.546. The van der Waals surface area contributed by atoms with Gasteiger partial charge in [0.05, 0.1) is 0 Å². The third-order valence-electron chi connectivity index (χ3n) is 1.13. The lowest BCUT2D eigenvalue weighted by molar-refractivity contribution is -0.156. The zero-order valence-electron chi connectivity index (χ0n) is 5.78. The maximum atomic E-state index is 10.9. The minimum atomic E-state index is -0.0411. The summed E-state index contributed by atoms with van der Waals surface area (Å²) in [6, 6.07) is 0. The molecule has 0 aromatic carbocycles. The molecule has 1 heterocycles. The summed E-state index contributed by atoms with van der Waals surface area (Å²) in [4.78, 5) is 15.7. The normalized spacial score (nSPS) is 15.1. The first-order chi connectivity index (χ1) is 4.84. The molecule has 1 rings (SSSR count). The van der Waals surface area contributed by atoms with Gasteiger partial charge >= 0.3 is 0 Å². The van der Waals surface area contributed by atoms with Crippen LogP contribution in [-0.2, 0) is 9.63 Å². The Morgan fingerprint density at radius 1 is 1.60 bits per heavy atom. The molecule has 1 amide bonds. The largest absolute Gasteiger partial charge is 0.380 e. The summed E-state index contributed by atoms with van der Waals surface area (Å²) in [7, 11) is 0. The van der Waals surface area contributed by atoms with Crippen molar-refractivity contribution < 1.29 is 9.63 Å². The minimum absolute atomic E-state index is 0.0411. The molecule has 0 N–H and O–H groups in total. The monoisotopic (exact) mass is 139 g/mol. The molecule has 0 aromatic heterocycles. The van der Waals surface area contributed by atoms with Gasteiger partial charge in [-0.15, -0.1) is 0 Å². The summed E-state index contributed by atoms with van der Waals surface area (Å²) >= 11 is 0. The average molecular weight is 139 g/mol. The number of hydroxylamine groups is 2. The van der Waals surface area contributed by atoms with Crippen LogP contribution in [0.15, 0.2) is 24.6 Å². The lowest BCUT2D eigenvalue weighted by atomic mass is 10.4. The highest BCUT2D eigenvalue weighted by Crippen LogP contribution is 2.01.